The summed E-state index contributed by atoms with van der Waals surface area (Å²) in [4.78, 5) is 18.9. The first-order chi connectivity index (χ1) is 12.5. The summed E-state index contributed by atoms with van der Waals surface area (Å²) in [6.45, 7) is 1.96. The third-order valence-electron chi connectivity index (χ3n) is 4.12. The number of hydrogen-bond acceptors (Lipinski definition) is 4. The third kappa shape index (κ3) is 3.72. The second-order valence-corrected chi connectivity index (χ2v) is 6.75. The highest BCUT2D eigenvalue weighted by Crippen LogP contribution is 2.31. The minimum absolute atomic E-state index is 0.0889. The van der Waals surface area contributed by atoms with E-state index in [0.717, 1.165) is 12.1 Å². The molecule has 4 nitrogen and oxygen atoms in total. The molecule has 0 spiro atoms. The van der Waals surface area contributed by atoms with Crippen LogP contribution in [0.3, 0.4) is 0 Å². The fraction of sp³-hybridized carbons (Fsp3) is 0.263. The van der Waals surface area contributed by atoms with E-state index < -0.39 is 17.5 Å². The molecule has 1 heterocycles. The Bertz CT molecular complexity index is 840. The van der Waals surface area contributed by atoms with Gasteiger partial charge in [0.05, 0.1) is 18.4 Å². The zero-order chi connectivity index (χ0) is 18.7. The number of carbonyl (C=O) groups is 1. The molecule has 26 heavy (non-hydrogen) atoms. The standard InChI is InChI=1S/C19H18F2N2O2S/c1-3-14-11-26-19(22-13-5-7-15(25-2)8-6-13)23(14)18(24)16-9-4-12(20)10-17(16)21/h4-10,14H,3,11H2,1-2H3/t14-/m1/s1. The number of carbonyl (C=O) groups excluding carboxylic acids is 1. The topological polar surface area (TPSA) is 41.9 Å². The van der Waals surface area contributed by atoms with E-state index in [0.29, 0.717) is 28.8 Å². The summed E-state index contributed by atoms with van der Waals surface area (Å²) in [5, 5.41) is 0.510. The Kier molecular flexibility index (Phi) is 5.56. The van der Waals surface area contributed by atoms with Gasteiger partial charge >= 0.3 is 0 Å². The second-order valence-electron chi connectivity index (χ2n) is 5.76. The maximum absolute atomic E-state index is 14.1. The van der Waals surface area contributed by atoms with Gasteiger partial charge in [0.25, 0.3) is 5.91 Å². The highest BCUT2D eigenvalue weighted by molar-refractivity contribution is 8.14. The van der Waals surface area contributed by atoms with Gasteiger partial charge in [-0.25, -0.2) is 13.8 Å². The molecule has 136 valence electrons. The highest BCUT2D eigenvalue weighted by atomic mass is 32.2. The number of thioether (sulfide) groups is 1. The lowest BCUT2D eigenvalue weighted by Crippen LogP contribution is -2.39. The lowest BCUT2D eigenvalue weighted by atomic mass is 10.1. The molecule has 3 rings (SSSR count). The van der Waals surface area contributed by atoms with E-state index in [4.69, 9.17) is 4.74 Å². The number of ether oxygens (including phenoxy) is 1. The second kappa shape index (κ2) is 7.86. The van der Waals surface area contributed by atoms with Crippen LogP contribution < -0.4 is 4.74 Å². The summed E-state index contributed by atoms with van der Waals surface area (Å²) in [6, 6.07) is 10.0. The van der Waals surface area contributed by atoms with Crippen molar-refractivity contribution in [2.24, 2.45) is 4.99 Å². The molecular formula is C19H18F2N2O2S. The van der Waals surface area contributed by atoms with Crippen LogP contribution in [0.25, 0.3) is 0 Å². The lowest BCUT2D eigenvalue weighted by molar-refractivity contribution is 0.0814. The fourth-order valence-electron chi connectivity index (χ4n) is 2.67. The molecule has 0 unspecified atom stereocenters. The van der Waals surface area contributed by atoms with Crippen LogP contribution in [0.1, 0.15) is 23.7 Å². The van der Waals surface area contributed by atoms with Crippen LogP contribution in [-0.4, -0.2) is 34.9 Å². The predicted molar refractivity (Wildman–Crippen MR) is 99.2 cm³/mol. The quantitative estimate of drug-likeness (QED) is 0.781. The van der Waals surface area contributed by atoms with Crippen molar-refractivity contribution in [3.8, 4) is 5.75 Å². The average molecular weight is 376 g/mol. The van der Waals surface area contributed by atoms with Crippen molar-refractivity contribution < 1.29 is 18.3 Å². The molecule has 7 heteroatoms. The molecule has 0 aliphatic carbocycles. The normalized spacial score (nSPS) is 18.4. The SMILES string of the molecule is CC[C@@H]1CSC(=Nc2ccc(OC)cc2)N1C(=O)c1ccc(F)cc1F. The van der Waals surface area contributed by atoms with E-state index in [1.54, 1.807) is 31.4 Å². The van der Waals surface area contributed by atoms with E-state index in [1.807, 2.05) is 6.92 Å². The van der Waals surface area contributed by atoms with Crippen molar-refractivity contribution in [3.63, 3.8) is 0 Å². The number of halogens is 2. The van der Waals surface area contributed by atoms with Gasteiger partial charge in [-0.2, -0.15) is 0 Å². The van der Waals surface area contributed by atoms with Crippen molar-refractivity contribution in [2.75, 3.05) is 12.9 Å². The Morgan fingerprint density at radius 2 is 2.00 bits per heavy atom. The van der Waals surface area contributed by atoms with Crippen LogP contribution in [0.15, 0.2) is 47.5 Å². The zero-order valence-corrected chi connectivity index (χ0v) is 15.2. The number of amides is 1. The van der Waals surface area contributed by atoms with Crippen LogP contribution >= 0.6 is 11.8 Å². The Labute approximate surface area is 154 Å². The molecule has 2 aromatic rings. The van der Waals surface area contributed by atoms with Crippen LogP contribution in [-0.2, 0) is 0 Å². The number of amidine groups is 1. The number of benzene rings is 2. The van der Waals surface area contributed by atoms with Crippen LogP contribution in [0.4, 0.5) is 14.5 Å². The summed E-state index contributed by atoms with van der Waals surface area (Å²) in [7, 11) is 1.58. The number of hydrogen-bond donors (Lipinski definition) is 0. The van der Waals surface area contributed by atoms with Gasteiger partial charge in [-0.1, -0.05) is 18.7 Å². The summed E-state index contributed by atoms with van der Waals surface area (Å²) >= 11 is 1.45. The van der Waals surface area contributed by atoms with Gasteiger partial charge in [0.15, 0.2) is 5.17 Å². The van der Waals surface area contributed by atoms with Crippen LogP contribution in [0.5, 0.6) is 5.75 Å². The van der Waals surface area contributed by atoms with E-state index >= 15 is 0 Å². The number of nitrogens with zero attached hydrogens (tertiary/aromatic N) is 2. The summed E-state index contributed by atoms with van der Waals surface area (Å²) in [5.41, 5.74) is 0.511. The fourth-order valence-corrected chi connectivity index (χ4v) is 3.94. The Hall–Kier alpha value is -2.41. The van der Waals surface area contributed by atoms with E-state index in [9.17, 15) is 13.6 Å². The largest absolute Gasteiger partial charge is 0.497 e. The van der Waals surface area contributed by atoms with Gasteiger partial charge in [-0.05, 0) is 42.8 Å². The molecular weight excluding hydrogens is 358 g/mol. The highest BCUT2D eigenvalue weighted by Gasteiger charge is 2.35. The molecule has 0 N–H and O–H groups in total. The number of rotatable bonds is 4. The van der Waals surface area contributed by atoms with E-state index in [1.165, 1.54) is 22.7 Å². The van der Waals surface area contributed by atoms with Gasteiger partial charge in [0, 0.05) is 17.9 Å². The van der Waals surface area contributed by atoms with Gasteiger partial charge in [-0.3, -0.25) is 9.69 Å². The van der Waals surface area contributed by atoms with E-state index in [-0.39, 0.29) is 11.6 Å². The summed E-state index contributed by atoms with van der Waals surface area (Å²) in [6.07, 6.45) is 0.711. The number of aliphatic imine (C=N–C) groups is 1. The molecule has 0 bridgehead atoms. The van der Waals surface area contributed by atoms with Crippen LogP contribution in [0.2, 0.25) is 0 Å². The molecule has 0 aromatic heterocycles. The van der Waals surface area contributed by atoms with Crippen molar-refractivity contribution in [3.05, 3.63) is 59.7 Å². The average Bonchev–Trinajstić information content (AvgIpc) is 3.04. The van der Waals surface area contributed by atoms with Crippen LogP contribution in [0, 0.1) is 11.6 Å². The molecule has 1 fully saturated rings. The van der Waals surface area contributed by atoms with Gasteiger partial charge in [0.2, 0.25) is 0 Å². The zero-order valence-electron chi connectivity index (χ0n) is 14.4. The minimum Gasteiger partial charge on any atom is -0.497 e. The first-order valence-corrected chi connectivity index (χ1v) is 9.16. The summed E-state index contributed by atoms with van der Waals surface area (Å²) in [5.74, 6) is -0.702. The maximum atomic E-state index is 14.1. The Morgan fingerprint density at radius 3 is 2.62 bits per heavy atom. The molecule has 1 amide bonds. The van der Waals surface area contributed by atoms with Crippen molar-refractivity contribution in [1.29, 1.82) is 0 Å². The van der Waals surface area contributed by atoms with Crippen molar-refractivity contribution in [2.45, 2.75) is 19.4 Å². The smallest absolute Gasteiger partial charge is 0.263 e. The molecule has 1 saturated heterocycles. The van der Waals surface area contributed by atoms with Gasteiger partial charge in [-0.15, -0.1) is 0 Å². The Morgan fingerprint density at radius 1 is 1.27 bits per heavy atom. The number of methoxy groups -OCH3 is 1. The molecule has 1 atom stereocenters. The monoisotopic (exact) mass is 376 g/mol. The van der Waals surface area contributed by atoms with Gasteiger partial charge in [0.1, 0.15) is 17.4 Å². The molecule has 0 saturated carbocycles. The third-order valence-corrected chi connectivity index (χ3v) is 5.22. The molecule has 2 aromatic carbocycles. The summed E-state index contributed by atoms with van der Waals surface area (Å²) < 4.78 is 32.4. The lowest BCUT2D eigenvalue weighted by Gasteiger charge is -2.23. The predicted octanol–water partition coefficient (Wildman–Crippen LogP) is 4.63. The van der Waals surface area contributed by atoms with E-state index in [2.05, 4.69) is 4.99 Å². The first-order valence-electron chi connectivity index (χ1n) is 8.17. The molecule has 0 radical (unpaired) electrons. The minimum atomic E-state index is -0.870. The molecule has 1 aliphatic rings. The first kappa shape index (κ1) is 18.4. The molecule has 1 aliphatic heterocycles. The maximum Gasteiger partial charge on any atom is 0.263 e. The Balaban J connectivity index is 1.94. The van der Waals surface area contributed by atoms with Crippen molar-refractivity contribution >= 4 is 28.5 Å². The van der Waals surface area contributed by atoms with Gasteiger partial charge < -0.3 is 4.74 Å². The van der Waals surface area contributed by atoms with Crippen molar-refractivity contribution in [1.82, 2.24) is 4.90 Å².